The number of fused-ring (bicyclic) bond motifs is 1. The summed E-state index contributed by atoms with van der Waals surface area (Å²) in [6.45, 7) is 0.954. The van der Waals surface area contributed by atoms with Crippen LogP contribution in [0.25, 0.3) is 0 Å². The SMILES string of the molecule is O=C1C[C@H](c2ccccc2)C[C@H]2SCCN12. The normalized spacial score (nSPS) is 29.2. The van der Waals surface area contributed by atoms with Gasteiger partial charge in [-0.2, -0.15) is 0 Å². The van der Waals surface area contributed by atoms with Crippen molar-refractivity contribution in [2.24, 2.45) is 0 Å². The summed E-state index contributed by atoms with van der Waals surface area (Å²) in [4.78, 5) is 14.0. The van der Waals surface area contributed by atoms with Crippen LogP contribution in [0.3, 0.4) is 0 Å². The molecule has 0 radical (unpaired) electrons. The molecule has 0 aliphatic carbocycles. The maximum Gasteiger partial charge on any atom is 0.224 e. The molecule has 2 fully saturated rings. The highest BCUT2D eigenvalue weighted by Gasteiger charge is 2.37. The van der Waals surface area contributed by atoms with E-state index in [1.54, 1.807) is 0 Å². The van der Waals surface area contributed by atoms with Gasteiger partial charge in [0.15, 0.2) is 0 Å². The summed E-state index contributed by atoms with van der Waals surface area (Å²) in [5, 5.41) is 0.437. The Morgan fingerprint density at radius 3 is 2.88 bits per heavy atom. The third kappa shape index (κ3) is 1.73. The number of amides is 1. The zero-order chi connectivity index (χ0) is 11.0. The van der Waals surface area contributed by atoms with E-state index in [9.17, 15) is 4.79 Å². The Hall–Kier alpha value is -0.960. The number of rotatable bonds is 1. The number of thioether (sulfide) groups is 1. The summed E-state index contributed by atoms with van der Waals surface area (Å²) in [6.07, 6.45) is 1.82. The summed E-state index contributed by atoms with van der Waals surface area (Å²) in [6, 6.07) is 10.5. The summed E-state index contributed by atoms with van der Waals surface area (Å²) in [5.41, 5.74) is 1.32. The molecule has 2 nitrogen and oxygen atoms in total. The van der Waals surface area contributed by atoms with Crippen LogP contribution >= 0.6 is 11.8 Å². The molecule has 2 saturated heterocycles. The summed E-state index contributed by atoms with van der Waals surface area (Å²) < 4.78 is 0. The van der Waals surface area contributed by atoms with Crippen molar-refractivity contribution in [3.8, 4) is 0 Å². The Balaban J connectivity index is 1.81. The van der Waals surface area contributed by atoms with Crippen LogP contribution in [0.5, 0.6) is 0 Å². The van der Waals surface area contributed by atoms with Gasteiger partial charge in [0.2, 0.25) is 5.91 Å². The fraction of sp³-hybridized carbons (Fsp3) is 0.462. The van der Waals surface area contributed by atoms with Gasteiger partial charge in [0.1, 0.15) is 0 Å². The number of carbonyl (C=O) groups excluding carboxylic acids is 1. The zero-order valence-electron chi connectivity index (χ0n) is 9.13. The molecule has 1 aromatic rings. The second-order valence-corrected chi connectivity index (χ2v) is 5.75. The van der Waals surface area contributed by atoms with Crippen LogP contribution < -0.4 is 0 Å². The average molecular weight is 233 g/mol. The highest BCUT2D eigenvalue weighted by molar-refractivity contribution is 8.00. The van der Waals surface area contributed by atoms with Gasteiger partial charge in [-0.25, -0.2) is 0 Å². The van der Waals surface area contributed by atoms with Crippen LogP contribution in [-0.2, 0) is 4.79 Å². The lowest BCUT2D eigenvalue weighted by Gasteiger charge is -2.33. The maximum absolute atomic E-state index is 12.0. The van der Waals surface area contributed by atoms with Gasteiger partial charge in [0, 0.05) is 18.7 Å². The van der Waals surface area contributed by atoms with Gasteiger partial charge in [-0.1, -0.05) is 30.3 Å². The molecular formula is C13H15NOS. The summed E-state index contributed by atoms with van der Waals surface area (Å²) >= 11 is 1.93. The van der Waals surface area contributed by atoms with E-state index in [-0.39, 0.29) is 0 Å². The van der Waals surface area contributed by atoms with Crippen molar-refractivity contribution in [2.45, 2.75) is 24.1 Å². The Kier molecular flexibility index (Phi) is 2.64. The Morgan fingerprint density at radius 1 is 1.25 bits per heavy atom. The first-order valence-corrected chi connectivity index (χ1v) is 6.85. The zero-order valence-corrected chi connectivity index (χ0v) is 9.95. The predicted molar refractivity (Wildman–Crippen MR) is 66.4 cm³/mol. The lowest BCUT2D eigenvalue weighted by molar-refractivity contribution is -0.134. The molecule has 3 rings (SSSR count). The number of hydrogen-bond acceptors (Lipinski definition) is 2. The van der Waals surface area contributed by atoms with Crippen LogP contribution in [0, 0.1) is 0 Å². The lowest BCUT2D eigenvalue weighted by atomic mass is 9.89. The third-order valence-electron chi connectivity index (χ3n) is 3.49. The van der Waals surface area contributed by atoms with Gasteiger partial charge in [-0.05, 0) is 17.9 Å². The average Bonchev–Trinajstić information content (AvgIpc) is 2.79. The maximum atomic E-state index is 12.0. The molecule has 2 atom stereocenters. The van der Waals surface area contributed by atoms with E-state index in [2.05, 4.69) is 29.2 Å². The molecule has 1 amide bonds. The van der Waals surface area contributed by atoms with Crippen molar-refractivity contribution in [1.82, 2.24) is 4.90 Å². The molecule has 0 spiro atoms. The molecular weight excluding hydrogens is 218 g/mol. The fourth-order valence-corrected chi connectivity index (χ4v) is 3.98. The molecule has 0 saturated carbocycles. The van der Waals surface area contributed by atoms with E-state index in [1.807, 2.05) is 17.8 Å². The van der Waals surface area contributed by atoms with Gasteiger partial charge in [0.05, 0.1) is 5.37 Å². The van der Waals surface area contributed by atoms with E-state index in [4.69, 9.17) is 0 Å². The first kappa shape index (κ1) is 10.2. The smallest absolute Gasteiger partial charge is 0.224 e. The summed E-state index contributed by atoms with van der Waals surface area (Å²) in [5.74, 6) is 1.88. The van der Waals surface area contributed by atoms with Crippen molar-refractivity contribution in [2.75, 3.05) is 12.3 Å². The Morgan fingerprint density at radius 2 is 2.06 bits per heavy atom. The molecule has 2 aliphatic heterocycles. The molecule has 2 heterocycles. The van der Waals surface area contributed by atoms with Crippen molar-refractivity contribution >= 4 is 17.7 Å². The number of benzene rings is 1. The molecule has 3 heteroatoms. The minimum absolute atomic E-state index is 0.343. The van der Waals surface area contributed by atoms with Gasteiger partial charge in [-0.3, -0.25) is 4.79 Å². The van der Waals surface area contributed by atoms with Gasteiger partial charge < -0.3 is 4.90 Å². The van der Waals surface area contributed by atoms with E-state index >= 15 is 0 Å². The second-order valence-electron chi connectivity index (χ2n) is 4.46. The number of hydrogen-bond donors (Lipinski definition) is 0. The van der Waals surface area contributed by atoms with Crippen molar-refractivity contribution in [3.63, 3.8) is 0 Å². The Bertz CT molecular complexity index is 392. The van der Waals surface area contributed by atoms with Crippen molar-refractivity contribution in [3.05, 3.63) is 35.9 Å². The molecule has 2 aliphatic rings. The molecule has 16 heavy (non-hydrogen) atoms. The van der Waals surface area contributed by atoms with Crippen LogP contribution in [0.2, 0.25) is 0 Å². The fourth-order valence-electron chi connectivity index (χ4n) is 2.64. The van der Waals surface area contributed by atoms with Crippen molar-refractivity contribution < 1.29 is 4.79 Å². The highest BCUT2D eigenvalue weighted by atomic mass is 32.2. The van der Waals surface area contributed by atoms with Crippen molar-refractivity contribution in [1.29, 1.82) is 0 Å². The molecule has 1 aromatic carbocycles. The Labute approximate surface area is 100 Å². The lowest BCUT2D eigenvalue weighted by Crippen LogP contribution is -2.40. The molecule has 0 aromatic heterocycles. The molecule has 0 unspecified atom stereocenters. The van der Waals surface area contributed by atoms with E-state index in [0.717, 1.165) is 18.7 Å². The summed E-state index contributed by atoms with van der Waals surface area (Å²) in [7, 11) is 0. The van der Waals surface area contributed by atoms with Crippen LogP contribution in [-0.4, -0.2) is 28.5 Å². The predicted octanol–water partition coefficient (Wildman–Crippen LogP) is 2.47. The monoisotopic (exact) mass is 233 g/mol. The molecule has 0 bridgehead atoms. The second kappa shape index (κ2) is 4.13. The highest BCUT2D eigenvalue weighted by Crippen LogP contribution is 2.39. The van der Waals surface area contributed by atoms with Crippen LogP contribution in [0.1, 0.15) is 24.3 Å². The molecule has 0 N–H and O–H groups in total. The quantitative estimate of drug-likeness (QED) is 0.742. The number of nitrogens with zero attached hydrogens (tertiary/aromatic N) is 1. The topological polar surface area (TPSA) is 20.3 Å². The third-order valence-corrected chi connectivity index (χ3v) is 4.74. The minimum atomic E-state index is 0.343. The standard InChI is InChI=1S/C13H15NOS/c15-12-8-11(10-4-2-1-3-5-10)9-13-14(12)6-7-16-13/h1-5,11,13H,6-9H2/t11-,13+/m0/s1. The molecule has 84 valence electrons. The number of carbonyl (C=O) groups is 1. The number of piperidine rings is 1. The van der Waals surface area contributed by atoms with Gasteiger partial charge in [0.25, 0.3) is 0 Å². The van der Waals surface area contributed by atoms with Crippen LogP contribution in [0.15, 0.2) is 30.3 Å². The largest absolute Gasteiger partial charge is 0.330 e. The first-order valence-electron chi connectivity index (χ1n) is 5.80. The van der Waals surface area contributed by atoms with E-state index < -0.39 is 0 Å². The van der Waals surface area contributed by atoms with Crippen LogP contribution in [0.4, 0.5) is 0 Å². The first-order chi connectivity index (χ1) is 7.84. The van der Waals surface area contributed by atoms with Gasteiger partial charge >= 0.3 is 0 Å². The van der Waals surface area contributed by atoms with E-state index in [0.29, 0.717) is 23.6 Å². The minimum Gasteiger partial charge on any atom is -0.330 e. The van der Waals surface area contributed by atoms with Gasteiger partial charge in [-0.15, -0.1) is 11.8 Å². The van der Waals surface area contributed by atoms with E-state index in [1.165, 1.54) is 5.56 Å².